The van der Waals surface area contributed by atoms with Gasteiger partial charge in [0.25, 0.3) is 5.24 Å². The maximum atomic E-state index is 10.9. The van der Waals surface area contributed by atoms with Gasteiger partial charge in [0, 0.05) is 4.47 Å². The minimum Gasteiger partial charge on any atom is -0.276 e. The summed E-state index contributed by atoms with van der Waals surface area (Å²) in [6.45, 7) is 1.82. The molecule has 1 aromatic carbocycles. The molecule has 0 fully saturated rings. The predicted octanol–water partition coefficient (Wildman–Crippen LogP) is 3.79. The topological polar surface area (TPSA) is 17.1 Å². The Morgan fingerprint density at radius 2 is 2.08 bits per heavy atom. The molecule has 0 saturated carbocycles. The maximum absolute atomic E-state index is 10.9. The number of aryl methyl sites for hydroxylation is 1. The van der Waals surface area contributed by atoms with Gasteiger partial charge in [-0.25, -0.2) is 0 Å². The van der Waals surface area contributed by atoms with E-state index in [2.05, 4.69) is 15.9 Å². The molecule has 64 valence electrons. The van der Waals surface area contributed by atoms with Crippen LogP contribution in [-0.4, -0.2) is 5.24 Å². The molecule has 0 aliphatic rings. The van der Waals surface area contributed by atoms with Gasteiger partial charge in [-0.3, -0.25) is 4.79 Å². The summed E-state index contributed by atoms with van der Waals surface area (Å²) in [4.78, 5) is 10.9. The lowest BCUT2D eigenvalue weighted by molar-refractivity contribution is 0.108. The van der Waals surface area contributed by atoms with E-state index in [0.29, 0.717) is 15.1 Å². The highest BCUT2D eigenvalue weighted by Crippen LogP contribution is 2.29. The molecule has 1 aromatic rings. The molecule has 4 heteroatoms. The van der Waals surface area contributed by atoms with E-state index >= 15 is 0 Å². The van der Waals surface area contributed by atoms with Crippen LogP contribution in [0.3, 0.4) is 0 Å². The first kappa shape index (κ1) is 10.0. The Morgan fingerprint density at radius 3 is 2.50 bits per heavy atom. The molecular formula is C8H5BrCl2O. The molecule has 0 bridgehead atoms. The minimum atomic E-state index is -0.546. The third kappa shape index (κ3) is 1.82. The SMILES string of the molecule is Cc1ccc(Br)c(C(=O)Cl)c1Cl. The molecule has 0 aromatic heterocycles. The van der Waals surface area contributed by atoms with Gasteiger partial charge >= 0.3 is 0 Å². The first-order chi connectivity index (χ1) is 5.54. The molecule has 0 atom stereocenters. The predicted molar refractivity (Wildman–Crippen MR) is 54.1 cm³/mol. The van der Waals surface area contributed by atoms with E-state index in [1.807, 2.05) is 13.0 Å². The van der Waals surface area contributed by atoms with Gasteiger partial charge in [0.05, 0.1) is 10.6 Å². The van der Waals surface area contributed by atoms with E-state index < -0.39 is 5.24 Å². The van der Waals surface area contributed by atoms with Gasteiger partial charge in [-0.1, -0.05) is 17.7 Å². The summed E-state index contributed by atoms with van der Waals surface area (Å²) in [5.74, 6) is 0. The van der Waals surface area contributed by atoms with Crippen LogP contribution in [0.4, 0.5) is 0 Å². The maximum Gasteiger partial charge on any atom is 0.255 e. The van der Waals surface area contributed by atoms with Crippen LogP contribution in [0, 0.1) is 6.92 Å². The average Bonchev–Trinajstić information content (AvgIpc) is 1.97. The molecule has 0 aliphatic heterocycles. The first-order valence-corrected chi connectivity index (χ1v) is 4.73. The molecule has 0 aliphatic carbocycles. The highest BCUT2D eigenvalue weighted by molar-refractivity contribution is 9.10. The molecule has 0 saturated heterocycles. The second-order valence-electron chi connectivity index (χ2n) is 2.33. The second-order valence-corrected chi connectivity index (χ2v) is 3.90. The van der Waals surface area contributed by atoms with E-state index in [-0.39, 0.29) is 0 Å². The van der Waals surface area contributed by atoms with Crippen molar-refractivity contribution < 1.29 is 4.79 Å². The zero-order chi connectivity index (χ0) is 9.30. The Kier molecular flexibility index (Phi) is 3.16. The molecule has 0 heterocycles. The van der Waals surface area contributed by atoms with Crippen molar-refractivity contribution in [2.45, 2.75) is 6.92 Å². The normalized spacial score (nSPS) is 10.0. The average molecular weight is 268 g/mol. The van der Waals surface area contributed by atoms with E-state index in [4.69, 9.17) is 23.2 Å². The number of rotatable bonds is 1. The number of benzene rings is 1. The Hall–Kier alpha value is -0.0500. The van der Waals surface area contributed by atoms with Gasteiger partial charge in [0.15, 0.2) is 0 Å². The highest BCUT2D eigenvalue weighted by atomic mass is 79.9. The number of hydrogen-bond donors (Lipinski definition) is 0. The van der Waals surface area contributed by atoms with Crippen LogP contribution in [0.5, 0.6) is 0 Å². The smallest absolute Gasteiger partial charge is 0.255 e. The van der Waals surface area contributed by atoms with Crippen LogP contribution in [0.1, 0.15) is 15.9 Å². The van der Waals surface area contributed by atoms with Crippen LogP contribution in [0.25, 0.3) is 0 Å². The van der Waals surface area contributed by atoms with Crippen LogP contribution in [-0.2, 0) is 0 Å². The summed E-state index contributed by atoms with van der Waals surface area (Å²) in [5.41, 5.74) is 1.17. The van der Waals surface area contributed by atoms with Crippen LogP contribution < -0.4 is 0 Å². The Bertz CT molecular complexity index is 336. The minimum absolute atomic E-state index is 0.332. The van der Waals surface area contributed by atoms with E-state index in [1.54, 1.807) is 6.07 Å². The molecule has 0 amide bonds. The summed E-state index contributed by atoms with van der Waals surface area (Å²) in [6.07, 6.45) is 0. The fraction of sp³-hybridized carbons (Fsp3) is 0.125. The summed E-state index contributed by atoms with van der Waals surface area (Å²) in [7, 11) is 0. The van der Waals surface area contributed by atoms with Crippen molar-refractivity contribution in [2.24, 2.45) is 0 Å². The molecule has 1 rings (SSSR count). The van der Waals surface area contributed by atoms with Crippen molar-refractivity contribution in [1.82, 2.24) is 0 Å². The molecule has 1 nitrogen and oxygen atoms in total. The second kappa shape index (κ2) is 3.77. The standard InChI is InChI=1S/C8H5BrCl2O/c1-4-2-3-5(9)6(7(4)10)8(11)12/h2-3H,1H3. The summed E-state index contributed by atoms with van der Waals surface area (Å²) in [5, 5.41) is -0.139. The molecule has 0 radical (unpaired) electrons. The van der Waals surface area contributed by atoms with Gasteiger partial charge in [-0.05, 0) is 46.1 Å². The quantitative estimate of drug-likeness (QED) is 0.708. The zero-order valence-electron chi connectivity index (χ0n) is 6.20. The number of hydrogen-bond acceptors (Lipinski definition) is 1. The Labute approximate surface area is 88.8 Å². The number of carbonyl (C=O) groups excluding carboxylic acids is 1. The van der Waals surface area contributed by atoms with Crippen molar-refractivity contribution in [2.75, 3.05) is 0 Å². The van der Waals surface area contributed by atoms with E-state index in [9.17, 15) is 4.79 Å². The lowest BCUT2D eigenvalue weighted by Crippen LogP contribution is -1.93. The summed E-state index contributed by atoms with van der Waals surface area (Å²) in [6, 6.07) is 3.56. The van der Waals surface area contributed by atoms with Crippen molar-refractivity contribution in [3.05, 3.63) is 32.8 Å². The Morgan fingerprint density at radius 1 is 1.50 bits per heavy atom. The zero-order valence-corrected chi connectivity index (χ0v) is 9.29. The third-order valence-corrected chi connectivity index (χ3v) is 2.82. The number of halogens is 3. The van der Waals surface area contributed by atoms with Crippen molar-refractivity contribution >= 4 is 44.4 Å². The fourth-order valence-electron chi connectivity index (χ4n) is 0.837. The van der Waals surface area contributed by atoms with Gasteiger partial charge in [-0.2, -0.15) is 0 Å². The first-order valence-electron chi connectivity index (χ1n) is 3.18. The van der Waals surface area contributed by atoms with Crippen LogP contribution >= 0.6 is 39.1 Å². The van der Waals surface area contributed by atoms with Crippen LogP contribution in [0.15, 0.2) is 16.6 Å². The summed E-state index contributed by atoms with van der Waals surface area (Å²) >= 11 is 14.4. The largest absolute Gasteiger partial charge is 0.276 e. The monoisotopic (exact) mass is 266 g/mol. The lowest BCUT2D eigenvalue weighted by atomic mass is 10.1. The molecule has 0 unspecified atom stereocenters. The van der Waals surface area contributed by atoms with Gasteiger partial charge in [0.2, 0.25) is 0 Å². The third-order valence-electron chi connectivity index (χ3n) is 1.48. The van der Waals surface area contributed by atoms with E-state index in [1.165, 1.54) is 0 Å². The van der Waals surface area contributed by atoms with E-state index in [0.717, 1.165) is 5.56 Å². The fourth-order valence-corrected chi connectivity index (χ4v) is 2.07. The van der Waals surface area contributed by atoms with Gasteiger partial charge in [0.1, 0.15) is 0 Å². The highest BCUT2D eigenvalue weighted by Gasteiger charge is 2.13. The van der Waals surface area contributed by atoms with Crippen molar-refractivity contribution in [3.8, 4) is 0 Å². The van der Waals surface area contributed by atoms with Crippen LogP contribution in [0.2, 0.25) is 5.02 Å². The molecule has 12 heavy (non-hydrogen) atoms. The molecular weight excluding hydrogens is 263 g/mol. The molecule has 0 spiro atoms. The van der Waals surface area contributed by atoms with Crippen molar-refractivity contribution in [3.63, 3.8) is 0 Å². The lowest BCUT2D eigenvalue weighted by Gasteiger charge is -2.04. The summed E-state index contributed by atoms with van der Waals surface area (Å²) < 4.78 is 0.623. The molecule has 0 N–H and O–H groups in total. The van der Waals surface area contributed by atoms with Gasteiger partial charge < -0.3 is 0 Å². The number of carbonyl (C=O) groups is 1. The van der Waals surface area contributed by atoms with Crippen molar-refractivity contribution in [1.29, 1.82) is 0 Å². The Balaban J connectivity index is 3.43. The van der Waals surface area contributed by atoms with Gasteiger partial charge in [-0.15, -0.1) is 0 Å².